The second-order valence-corrected chi connectivity index (χ2v) is 5.87. The minimum absolute atomic E-state index is 0.0155. The molecule has 0 spiro atoms. The minimum Gasteiger partial charge on any atom is -0.478 e. The first kappa shape index (κ1) is 15.9. The van der Waals surface area contributed by atoms with E-state index >= 15 is 0 Å². The van der Waals surface area contributed by atoms with Crippen LogP contribution in [-0.2, 0) is 6.42 Å². The summed E-state index contributed by atoms with van der Waals surface area (Å²) in [5.74, 6) is -1.33. The molecule has 0 aliphatic carbocycles. The molecule has 0 aliphatic rings. The molecule has 0 bridgehead atoms. The lowest BCUT2D eigenvalue weighted by Gasteiger charge is -2.04. The van der Waals surface area contributed by atoms with E-state index in [1.165, 1.54) is 17.4 Å². The van der Waals surface area contributed by atoms with Crippen LogP contribution in [-0.4, -0.2) is 22.0 Å². The van der Waals surface area contributed by atoms with Crippen LogP contribution in [0.5, 0.6) is 0 Å². The summed E-state index contributed by atoms with van der Waals surface area (Å²) in [6.45, 7) is 1.77. The van der Waals surface area contributed by atoms with Crippen molar-refractivity contribution in [3.63, 3.8) is 0 Å². The van der Waals surface area contributed by atoms with Gasteiger partial charge in [0.25, 0.3) is 5.91 Å². The number of hydrogen-bond donors (Lipinski definition) is 2. The topological polar surface area (TPSA) is 92.4 Å². The van der Waals surface area contributed by atoms with E-state index in [4.69, 9.17) is 9.52 Å². The van der Waals surface area contributed by atoms with Gasteiger partial charge in [0.2, 0.25) is 0 Å². The lowest BCUT2D eigenvalue weighted by Crippen LogP contribution is -2.10. The van der Waals surface area contributed by atoms with Gasteiger partial charge in [-0.2, -0.15) is 0 Å². The molecule has 1 amide bonds. The fraction of sp³-hybridized carbons (Fsp3) is 0.118. The van der Waals surface area contributed by atoms with Crippen molar-refractivity contribution >= 4 is 28.9 Å². The number of hydrogen-bond acceptors (Lipinski definition) is 5. The largest absolute Gasteiger partial charge is 0.478 e. The Morgan fingerprint density at radius 3 is 2.58 bits per heavy atom. The normalized spacial score (nSPS) is 10.5. The van der Waals surface area contributed by atoms with Gasteiger partial charge in [-0.05, 0) is 24.3 Å². The molecule has 2 N–H and O–H groups in total. The lowest BCUT2D eigenvalue weighted by molar-refractivity contribution is 0.0694. The average molecular weight is 342 g/mol. The molecule has 24 heavy (non-hydrogen) atoms. The van der Waals surface area contributed by atoms with Crippen molar-refractivity contribution in [3.05, 3.63) is 59.0 Å². The van der Waals surface area contributed by atoms with E-state index in [2.05, 4.69) is 10.3 Å². The Hall–Kier alpha value is -2.93. The first-order chi connectivity index (χ1) is 11.6. The number of amides is 1. The van der Waals surface area contributed by atoms with Crippen LogP contribution < -0.4 is 5.32 Å². The summed E-state index contributed by atoms with van der Waals surface area (Å²) in [5.41, 5.74) is 1.57. The van der Waals surface area contributed by atoms with Crippen molar-refractivity contribution in [1.82, 2.24) is 4.98 Å². The van der Waals surface area contributed by atoms with Gasteiger partial charge in [0.1, 0.15) is 16.3 Å². The fourth-order valence-corrected chi connectivity index (χ4v) is 2.88. The number of aromatic nitrogens is 1. The van der Waals surface area contributed by atoms with Crippen LogP contribution >= 0.6 is 11.3 Å². The summed E-state index contributed by atoms with van der Waals surface area (Å²) < 4.78 is 5.34. The predicted molar refractivity (Wildman–Crippen MR) is 90.5 cm³/mol. The molecule has 0 unspecified atom stereocenters. The third-order valence-corrected chi connectivity index (χ3v) is 4.23. The molecule has 2 heterocycles. The molecule has 122 valence electrons. The third kappa shape index (κ3) is 3.21. The van der Waals surface area contributed by atoms with Gasteiger partial charge < -0.3 is 14.8 Å². The Bertz CT molecular complexity index is 867. The smallest absolute Gasteiger partial charge is 0.339 e. The maximum absolute atomic E-state index is 12.2. The highest BCUT2D eigenvalue weighted by atomic mass is 32.1. The Kier molecular flexibility index (Phi) is 4.43. The number of aromatic carboxylic acids is 1. The minimum atomic E-state index is -1.11. The van der Waals surface area contributed by atoms with Gasteiger partial charge >= 0.3 is 5.97 Å². The molecule has 0 radical (unpaired) electrons. The maximum atomic E-state index is 12.2. The number of carboxylic acids is 1. The molecule has 0 saturated heterocycles. The molecule has 1 aromatic carbocycles. The zero-order valence-electron chi connectivity index (χ0n) is 12.8. The van der Waals surface area contributed by atoms with Crippen LogP contribution in [0.3, 0.4) is 0 Å². The van der Waals surface area contributed by atoms with E-state index in [1.54, 1.807) is 25.3 Å². The van der Waals surface area contributed by atoms with E-state index in [0.29, 0.717) is 12.1 Å². The number of carbonyl (C=O) groups is 2. The Labute approximate surface area is 141 Å². The number of carbonyl (C=O) groups excluding carboxylic acids is 1. The quantitative estimate of drug-likeness (QED) is 0.733. The highest BCUT2D eigenvalue weighted by Gasteiger charge is 2.20. The van der Waals surface area contributed by atoms with Crippen molar-refractivity contribution < 1.29 is 19.1 Å². The number of carboxylic acid groups (broad SMARTS) is 1. The second kappa shape index (κ2) is 6.67. The summed E-state index contributed by atoms with van der Waals surface area (Å²) in [5, 5.41) is 14.6. The number of benzene rings is 1. The Morgan fingerprint density at radius 1 is 1.29 bits per heavy atom. The first-order valence-corrected chi connectivity index (χ1v) is 8.13. The summed E-state index contributed by atoms with van der Waals surface area (Å²) >= 11 is 1.53. The van der Waals surface area contributed by atoms with Gasteiger partial charge in [-0.15, -0.1) is 11.3 Å². The zero-order chi connectivity index (χ0) is 17.1. The second-order valence-electron chi connectivity index (χ2n) is 4.97. The SMILES string of the molecule is CCc1oc(C(=O)Nc2ccc(-c3nccs3)cc2)cc1C(=O)O. The summed E-state index contributed by atoms with van der Waals surface area (Å²) in [7, 11) is 0. The molecule has 2 aromatic heterocycles. The van der Waals surface area contributed by atoms with Crippen LogP contribution in [0.4, 0.5) is 5.69 Å². The van der Waals surface area contributed by atoms with Crippen LogP contribution in [0.25, 0.3) is 10.6 Å². The lowest BCUT2D eigenvalue weighted by atomic mass is 10.2. The molecule has 0 saturated carbocycles. The van der Waals surface area contributed by atoms with E-state index in [0.717, 1.165) is 10.6 Å². The third-order valence-electron chi connectivity index (χ3n) is 3.41. The standard InChI is InChI=1S/C17H14N2O4S/c1-2-13-12(17(21)22)9-14(23-13)15(20)19-11-5-3-10(4-6-11)16-18-7-8-24-16/h3-9H,2H2,1H3,(H,19,20)(H,21,22). The van der Waals surface area contributed by atoms with Crippen molar-refractivity contribution in [2.45, 2.75) is 13.3 Å². The predicted octanol–water partition coefficient (Wildman–Crippen LogP) is 3.92. The molecule has 3 rings (SSSR count). The number of rotatable bonds is 5. The molecular formula is C17H14N2O4S. The molecule has 0 aliphatic heterocycles. The fourth-order valence-electron chi connectivity index (χ4n) is 2.24. The van der Waals surface area contributed by atoms with Gasteiger partial charge in [0.15, 0.2) is 5.76 Å². The molecule has 0 fully saturated rings. The van der Waals surface area contributed by atoms with Crippen LogP contribution in [0, 0.1) is 0 Å². The molecule has 0 atom stereocenters. The highest BCUT2D eigenvalue weighted by Crippen LogP contribution is 2.24. The van der Waals surface area contributed by atoms with Crippen LogP contribution in [0.2, 0.25) is 0 Å². The van der Waals surface area contributed by atoms with Crippen molar-refractivity contribution in [1.29, 1.82) is 0 Å². The number of anilines is 1. The Morgan fingerprint density at radius 2 is 2.04 bits per heavy atom. The van der Waals surface area contributed by atoms with Gasteiger partial charge in [0.05, 0.1) is 0 Å². The summed E-state index contributed by atoms with van der Waals surface area (Å²) in [6.07, 6.45) is 2.13. The van der Waals surface area contributed by atoms with Crippen molar-refractivity contribution in [2.75, 3.05) is 5.32 Å². The monoisotopic (exact) mass is 342 g/mol. The summed E-state index contributed by atoms with van der Waals surface area (Å²) in [6, 6.07) is 8.49. The molecule has 6 nitrogen and oxygen atoms in total. The average Bonchev–Trinajstić information content (AvgIpc) is 3.25. The summed E-state index contributed by atoms with van der Waals surface area (Å²) in [4.78, 5) is 27.6. The number of nitrogens with one attached hydrogen (secondary N) is 1. The highest BCUT2D eigenvalue weighted by molar-refractivity contribution is 7.13. The molecular weight excluding hydrogens is 328 g/mol. The number of furan rings is 1. The van der Waals surface area contributed by atoms with E-state index in [1.807, 2.05) is 17.5 Å². The van der Waals surface area contributed by atoms with Crippen molar-refractivity contribution in [3.8, 4) is 10.6 Å². The van der Waals surface area contributed by atoms with Crippen molar-refractivity contribution in [2.24, 2.45) is 0 Å². The number of aryl methyl sites for hydroxylation is 1. The zero-order valence-corrected chi connectivity index (χ0v) is 13.6. The maximum Gasteiger partial charge on any atom is 0.339 e. The van der Waals surface area contributed by atoms with E-state index in [9.17, 15) is 9.59 Å². The van der Waals surface area contributed by atoms with Gasteiger partial charge in [-0.25, -0.2) is 9.78 Å². The van der Waals surface area contributed by atoms with Crippen LogP contribution in [0.1, 0.15) is 33.6 Å². The van der Waals surface area contributed by atoms with Gasteiger partial charge in [-0.3, -0.25) is 4.79 Å². The first-order valence-electron chi connectivity index (χ1n) is 7.25. The molecule has 3 aromatic rings. The number of thiazole rings is 1. The van der Waals surface area contributed by atoms with Gasteiger partial charge in [0, 0.05) is 35.3 Å². The van der Waals surface area contributed by atoms with E-state index in [-0.39, 0.29) is 17.1 Å². The Balaban J connectivity index is 1.76. The van der Waals surface area contributed by atoms with Gasteiger partial charge in [-0.1, -0.05) is 6.92 Å². The molecule has 7 heteroatoms. The van der Waals surface area contributed by atoms with E-state index < -0.39 is 11.9 Å². The van der Waals surface area contributed by atoms with Crippen LogP contribution in [0.15, 0.2) is 46.3 Å². The number of nitrogens with zero attached hydrogens (tertiary/aromatic N) is 1.